The molecule has 0 saturated carbocycles. The molecule has 2 aliphatic rings. The normalized spacial score (nSPS) is 27.5. The van der Waals surface area contributed by atoms with Gasteiger partial charge >= 0.3 is 0 Å². The van der Waals surface area contributed by atoms with Crippen molar-refractivity contribution in [1.82, 2.24) is 15.1 Å². The SMILES string of the molecule is Cc1ccc(C2NCC(=O)N2CC2CCN(C)C2)cc1. The van der Waals surface area contributed by atoms with Gasteiger partial charge in [-0.15, -0.1) is 0 Å². The Morgan fingerprint density at radius 1 is 1.30 bits per heavy atom. The lowest BCUT2D eigenvalue weighted by molar-refractivity contribution is -0.128. The third-order valence-electron chi connectivity index (χ3n) is 4.42. The minimum atomic E-state index is 0.0500. The average Bonchev–Trinajstić information content (AvgIpc) is 2.99. The van der Waals surface area contributed by atoms with E-state index in [2.05, 4.69) is 48.5 Å². The molecule has 4 nitrogen and oxygen atoms in total. The van der Waals surface area contributed by atoms with Crippen molar-refractivity contribution in [3.05, 3.63) is 35.4 Å². The minimum absolute atomic E-state index is 0.0500. The van der Waals surface area contributed by atoms with Crippen LogP contribution in [0.15, 0.2) is 24.3 Å². The highest BCUT2D eigenvalue weighted by molar-refractivity contribution is 5.81. The van der Waals surface area contributed by atoms with Crippen molar-refractivity contribution < 1.29 is 4.79 Å². The number of nitrogens with zero attached hydrogens (tertiary/aromatic N) is 2. The van der Waals surface area contributed by atoms with Crippen LogP contribution in [-0.4, -0.2) is 48.9 Å². The fourth-order valence-electron chi connectivity index (χ4n) is 3.25. The zero-order chi connectivity index (χ0) is 14.1. The number of nitrogens with one attached hydrogen (secondary N) is 1. The molecule has 2 aliphatic heterocycles. The van der Waals surface area contributed by atoms with E-state index in [1.807, 2.05) is 4.90 Å². The van der Waals surface area contributed by atoms with E-state index in [1.165, 1.54) is 17.5 Å². The van der Waals surface area contributed by atoms with E-state index in [0.717, 1.165) is 19.6 Å². The molecule has 0 radical (unpaired) electrons. The van der Waals surface area contributed by atoms with E-state index in [1.54, 1.807) is 0 Å². The Bertz CT molecular complexity index is 485. The molecule has 0 spiro atoms. The van der Waals surface area contributed by atoms with E-state index in [4.69, 9.17) is 0 Å². The van der Waals surface area contributed by atoms with Crippen LogP contribution in [-0.2, 0) is 4.79 Å². The van der Waals surface area contributed by atoms with Gasteiger partial charge < -0.3 is 9.80 Å². The van der Waals surface area contributed by atoms with E-state index in [9.17, 15) is 4.79 Å². The van der Waals surface area contributed by atoms with Gasteiger partial charge in [0.1, 0.15) is 6.17 Å². The lowest BCUT2D eigenvalue weighted by Crippen LogP contribution is -2.35. The van der Waals surface area contributed by atoms with Crippen molar-refractivity contribution in [2.45, 2.75) is 19.5 Å². The van der Waals surface area contributed by atoms with Crippen molar-refractivity contribution in [1.29, 1.82) is 0 Å². The number of hydrogen-bond acceptors (Lipinski definition) is 3. The number of likely N-dealkylation sites (tertiary alicyclic amines) is 1. The third kappa shape index (κ3) is 2.72. The Morgan fingerprint density at radius 3 is 2.70 bits per heavy atom. The minimum Gasteiger partial charge on any atom is -0.321 e. The maximum Gasteiger partial charge on any atom is 0.238 e. The molecule has 0 aromatic heterocycles. The highest BCUT2D eigenvalue weighted by Crippen LogP contribution is 2.26. The van der Waals surface area contributed by atoms with Crippen LogP contribution in [0.5, 0.6) is 0 Å². The highest BCUT2D eigenvalue weighted by Gasteiger charge is 2.34. The number of amides is 1. The number of hydrogen-bond donors (Lipinski definition) is 1. The second kappa shape index (κ2) is 5.54. The fraction of sp³-hybridized carbons (Fsp3) is 0.562. The van der Waals surface area contributed by atoms with Crippen LogP contribution in [0, 0.1) is 12.8 Å². The predicted molar refractivity (Wildman–Crippen MR) is 79.2 cm³/mol. The molecule has 2 atom stereocenters. The Kier molecular flexibility index (Phi) is 3.76. The zero-order valence-corrected chi connectivity index (χ0v) is 12.3. The van der Waals surface area contributed by atoms with Gasteiger partial charge in [0, 0.05) is 13.1 Å². The predicted octanol–water partition coefficient (Wildman–Crippen LogP) is 1.38. The number of rotatable bonds is 3. The van der Waals surface area contributed by atoms with Gasteiger partial charge in [0.2, 0.25) is 5.91 Å². The van der Waals surface area contributed by atoms with Gasteiger partial charge in [-0.3, -0.25) is 10.1 Å². The first-order valence-electron chi connectivity index (χ1n) is 7.41. The van der Waals surface area contributed by atoms with E-state index < -0.39 is 0 Å². The Balaban J connectivity index is 1.73. The molecule has 2 saturated heterocycles. The number of carbonyl (C=O) groups is 1. The van der Waals surface area contributed by atoms with Gasteiger partial charge in [0.25, 0.3) is 0 Å². The summed E-state index contributed by atoms with van der Waals surface area (Å²) in [5.41, 5.74) is 2.44. The summed E-state index contributed by atoms with van der Waals surface area (Å²) in [7, 11) is 2.15. The quantitative estimate of drug-likeness (QED) is 0.903. The standard InChI is InChI=1S/C16H23N3O/c1-12-3-5-14(6-4-12)16-17-9-15(20)19(16)11-13-7-8-18(2)10-13/h3-6,13,16-17H,7-11H2,1-2H3. The zero-order valence-electron chi connectivity index (χ0n) is 12.3. The Labute approximate surface area is 120 Å². The monoisotopic (exact) mass is 273 g/mol. The molecule has 20 heavy (non-hydrogen) atoms. The molecule has 1 N–H and O–H groups in total. The van der Waals surface area contributed by atoms with Gasteiger partial charge in [-0.05, 0) is 38.4 Å². The van der Waals surface area contributed by atoms with Crippen molar-refractivity contribution >= 4 is 5.91 Å². The van der Waals surface area contributed by atoms with Crippen LogP contribution in [0.2, 0.25) is 0 Å². The molecule has 0 bridgehead atoms. The summed E-state index contributed by atoms with van der Waals surface area (Å²) in [6.07, 6.45) is 1.25. The van der Waals surface area contributed by atoms with Crippen LogP contribution in [0.25, 0.3) is 0 Å². The largest absolute Gasteiger partial charge is 0.321 e. The van der Waals surface area contributed by atoms with Crippen molar-refractivity contribution in [3.8, 4) is 0 Å². The molecule has 108 valence electrons. The Morgan fingerprint density at radius 2 is 2.05 bits per heavy atom. The van der Waals surface area contributed by atoms with Crippen LogP contribution in [0.3, 0.4) is 0 Å². The molecule has 2 heterocycles. The van der Waals surface area contributed by atoms with E-state index >= 15 is 0 Å². The molecule has 2 fully saturated rings. The lowest BCUT2D eigenvalue weighted by atomic mass is 10.1. The maximum atomic E-state index is 12.1. The van der Waals surface area contributed by atoms with Gasteiger partial charge in [0.05, 0.1) is 6.54 Å². The molecule has 2 unspecified atom stereocenters. The average molecular weight is 273 g/mol. The third-order valence-corrected chi connectivity index (χ3v) is 4.42. The molecule has 1 amide bonds. The van der Waals surface area contributed by atoms with Gasteiger partial charge in [0.15, 0.2) is 0 Å². The molecule has 0 aliphatic carbocycles. The van der Waals surface area contributed by atoms with Crippen molar-refractivity contribution in [3.63, 3.8) is 0 Å². The second-order valence-corrected chi connectivity index (χ2v) is 6.16. The van der Waals surface area contributed by atoms with Crippen molar-refractivity contribution in [2.24, 2.45) is 5.92 Å². The molecular weight excluding hydrogens is 250 g/mol. The number of aryl methyl sites for hydroxylation is 1. The van der Waals surface area contributed by atoms with Crippen molar-refractivity contribution in [2.75, 3.05) is 33.2 Å². The summed E-state index contributed by atoms with van der Waals surface area (Å²) in [6, 6.07) is 8.47. The van der Waals surface area contributed by atoms with Crippen LogP contribution >= 0.6 is 0 Å². The first-order chi connectivity index (χ1) is 9.63. The summed E-state index contributed by atoms with van der Waals surface area (Å²) >= 11 is 0. The van der Waals surface area contributed by atoms with Gasteiger partial charge in [-0.1, -0.05) is 29.8 Å². The summed E-state index contributed by atoms with van der Waals surface area (Å²) in [5, 5.41) is 3.34. The van der Waals surface area contributed by atoms with E-state index in [0.29, 0.717) is 12.5 Å². The molecular formula is C16H23N3O. The molecule has 3 rings (SSSR count). The summed E-state index contributed by atoms with van der Waals surface area (Å²) in [5.74, 6) is 0.835. The van der Waals surface area contributed by atoms with Crippen LogP contribution in [0.4, 0.5) is 0 Å². The molecule has 1 aromatic carbocycles. The topological polar surface area (TPSA) is 35.6 Å². The number of carbonyl (C=O) groups excluding carboxylic acids is 1. The van der Waals surface area contributed by atoms with Gasteiger partial charge in [-0.25, -0.2) is 0 Å². The second-order valence-electron chi connectivity index (χ2n) is 6.16. The molecule has 4 heteroatoms. The molecule has 1 aromatic rings. The summed E-state index contributed by atoms with van der Waals surface area (Å²) in [6.45, 7) is 5.67. The first-order valence-corrected chi connectivity index (χ1v) is 7.41. The fourth-order valence-corrected chi connectivity index (χ4v) is 3.25. The van der Waals surface area contributed by atoms with Gasteiger partial charge in [-0.2, -0.15) is 0 Å². The number of benzene rings is 1. The van der Waals surface area contributed by atoms with E-state index in [-0.39, 0.29) is 12.1 Å². The maximum absolute atomic E-state index is 12.1. The Hall–Kier alpha value is -1.39. The summed E-state index contributed by atoms with van der Waals surface area (Å²) in [4.78, 5) is 16.5. The smallest absolute Gasteiger partial charge is 0.238 e. The first kappa shape index (κ1) is 13.6. The van der Waals surface area contributed by atoms with Crippen LogP contribution < -0.4 is 5.32 Å². The lowest BCUT2D eigenvalue weighted by Gasteiger charge is -2.27. The highest BCUT2D eigenvalue weighted by atomic mass is 16.2. The summed E-state index contributed by atoms with van der Waals surface area (Å²) < 4.78 is 0. The van der Waals surface area contributed by atoms with Crippen LogP contribution in [0.1, 0.15) is 23.7 Å².